The van der Waals surface area contributed by atoms with E-state index in [0.29, 0.717) is 11.3 Å². The second kappa shape index (κ2) is 7.42. The minimum atomic E-state index is -0.638. The molecule has 2 aromatic rings. The Labute approximate surface area is 147 Å². The maximum absolute atomic E-state index is 13.2. The highest BCUT2D eigenvalue weighted by Crippen LogP contribution is 2.31. The first-order chi connectivity index (χ1) is 12.1. The minimum Gasteiger partial charge on any atom is -0.353 e. The molecule has 0 spiro atoms. The van der Waals surface area contributed by atoms with Crippen molar-refractivity contribution in [1.29, 1.82) is 0 Å². The number of nitrogens with one attached hydrogen (secondary N) is 1. The van der Waals surface area contributed by atoms with Gasteiger partial charge in [-0.05, 0) is 43.2 Å². The van der Waals surface area contributed by atoms with E-state index in [9.17, 15) is 9.59 Å². The number of anilines is 1. The van der Waals surface area contributed by atoms with Crippen LogP contribution >= 0.6 is 0 Å². The number of aryl methyl sites for hydroxylation is 1. The van der Waals surface area contributed by atoms with Crippen LogP contribution in [0.3, 0.4) is 0 Å². The normalized spacial score (nSPS) is 17.8. The van der Waals surface area contributed by atoms with Crippen molar-refractivity contribution < 1.29 is 9.59 Å². The third kappa shape index (κ3) is 3.84. The van der Waals surface area contributed by atoms with E-state index in [1.54, 1.807) is 24.3 Å². The van der Waals surface area contributed by atoms with Gasteiger partial charge in [-0.25, -0.2) is 4.79 Å². The first kappa shape index (κ1) is 17.1. The van der Waals surface area contributed by atoms with E-state index < -0.39 is 6.03 Å². The van der Waals surface area contributed by atoms with Gasteiger partial charge >= 0.3 is 6.03 Å². The predicted molar refractivity (Wildman–Crippen MR) is 97.3 cm³/mol. The van der Waals surface area contributed by atoms with E-state index in [-0.39, 0.29) is 11.9 Å². The second-order valence-electron chi connectivity index (χ2n) is 6.48. The van der Waals surface area contributed by atoms with Crippen LogP contribution in [0, 0.1) is 0 Å². The molecule has 1 aromatic carbocycles. The number of rotatable bonds is 3. The van der Waals surface area contributed by atoms with Gasteiger partial charge in [0.1, 0.15) is 0 Å². The molecule has 0 radical (unpaired) electrons. The van der Waals surface area contributed by atoms with Gasteiger partial charge in [-0.15, -0.1) is 0 Å². The average Bonchev–Trinajstić information content (AvgIpc) is 2.86. The number of amides is 3. The summed E-state index contributed by atoms with van der Waals surface area (Å²) in [5.74, 6) is -0.0128. The fraction of sp³-hybridized carbons (Fsp3) is 0.368. The molecule has 25 heavy (non-hydrogen) atoms. The maximum atomic E-state index is 13.2. The fourth-order valence-corrected chi connectivity index (χ4v) is 3.52. The van der Waals surface area contributed by atoms with Gasteiger partial charge in [-0.2, -0.15) is 0 Å². The fourth-order valence-electron chi connectivity index (χ4n) is 3.52. The van der Waals surface area contributed by atoms with Crippen LogP contribution in [0.15, 0.2) is 42.6 Å². The molecule has 3 N–H and O–H groups in total. The standard InChI is InChI=1S/C19H24N4O2/c1-22-11-6-10-16(22)17-9-3-2-4-12-23(17)18(24)14-7-5-8-15(13-14)21-19(20)25/h5-8,10-11,13,17H,2-4,9,12H2,1H3,(H3,20,21,25)/t17-/m1/s1. The minimum absolute atomic E-state index is 0.0128. The molecule has 0 saturated carbocycles. The maximum Gasteiger partial charge on any atom is 0.316 e. The molecule has 1 fully saturated rings. The molecule has 0 bridgehead atoms. The molecule has 1 saturated heterocycles. The molecule has 1 aliphatic heterocycles. The number of nitrogens with two attached hydrogens (primary N) is 1. The molecule has 2 heterocycles. The summed E-state index contributed by atoms with van der Waals surface area (Å²) in [5, 5.41) is 2.53. The molecule has 0 unspecified atom stereocenters. The monoisotopic (exact) mass is 340 g/mol. The largest absolute Gasteiger partial charge is 0.353 e. The van der Waals surface area contributed by atoms with Gasteiger partial charge in [-0.3, -0.25) is 4.79 Å². The molecule has 6 heteroatoms. The highest BCUT2D eigenvalue weighted by molar-refractivity contribution is 5.97. The van der Waals surface area contributed by atoms with Gasteiger partial charge in [0.05, 0.1) is 6.04 Å². The number of urea groups is 1. The Bertz CT molecular complexity index is 768. The van der Waals surface area contributed by atoms with Crippen molar-refractivity contribution in [2.75, 3.05) is 11.9 Å². The number of hydrogen-bond acceptors (Lipinski definition) is 2. The van der Waals surface area contributed by atoms with Crippen LogP contribution < -0.4 is 11.1 Å². The van der Waals surface area contributed by atoms with Gasteiger partial charge in [0, 0.05) is 36.7 Å². The summed E-state index contributed by atoms with van der Waals surface area (Å²) >= 11 is 0. The number of benzene rings is 1. The van der Waals surface area contributed by atoms with Crippen LogP contribution in [0.5, 0.6) is 0 Å². The van der Waals surface area contributed by atoms with E-state index in [0.717, 1.165) is 37.9 Å². The van der Waals surface area contributed by atoms with E-state index >= 15 is 0 Å². The molecule has 3 amide bonds. The number of aromatic nitrogens is 1. The van der Waals surface area contributed by atoms with Crippen molar-refractivity contribution in [3.8, 4) is 0 Å². The predicted octanol–water partition coefficient (Wildman–Crippen LogP) is 3.27. The second-order valence-corrected chi connectivity index (χ2v) is 6.48. The van der Waals surface area contributed by atoms with Crippen molar-refractivity contribution in [2.45, 2.75) is 31.7 Å². The van der Waals surface area contributed by atoms with Crippen LogP contribution in [0.4, 0.5) is 10.5 Å². The lowest BCUT2D eigenvalue weighted by molar-refractivity contribution is 0.0674. The smallest absolute Gasteiger partial charge is 0.316 e. The summed E-state index contributed by atoms with van der Waals surface area (Å²) in [6, 6.07) is 10.5. The Morgan fingerprint density at radius 2 is 2.00 bits per heavy atom. The topological polar surface area (TPSA) is 80.4 Å². The number of nitrogens with zero attached hydrogens (tertiary/aromatic N) is 2. The van der Waals surface area contributed by atoms with Crippen LogP contribution in [-0.2, 0) is 7.05 Å². The third-order valence-corrected chi connectivity index (χ3v) is 4.72. The first-order valence-corrected chi connectivity index (χ1v) is 8.65. The number of carbonyl (C=O) groups is 2. The summed E-state index contributed by atoms with van der Waals surface area (Å²) in [6.07, 6.45) is 6.23. The molecule has 1 atom stereocenters. The summed E-state index contributed by atoms with van der Waals surface area (Å²) in [5.41, 5.74) is 7.42. The lowest BCUT2D eigenvalue weighted by Crippen LogP contribution is -2.35. The van der Waals surface area contributed by atoms with Crippen molar-refractivity contribution in [1.82, 2.24) is 9.47 Å². The highest BCUT2D eigenvalue weighted by atomic mass is 16.2. The van der Waals surface area contributed by atoms with Crippen molar-refractivity contribution in [3.05, 3.63) is 53.9 Å². The van der Waals surface area contributed by atoms with E-state index in [1.165, 1.54) is 0 Å². The molecular formula is C19H24N4O2. The zero-order valence-corrected chi connectivity index (χ0v) is 14.4. The van der Waals surface area contributed by atoms with Crippen LogP contribution in [0.25, 0.3) is 0 Å². The quantitative estimate of drug-likeness (QED) is 0.899. The van der Waals surface area contributed by atoms with Crippen LogP contribution in [0.1, 0.15) is 47.8 Å². The van der Waals surface area contributed by atoms with E-state index in [2.05, 4.69) is 16.0 Å². The Hall–Kier alpha value is -2.76. The van der Waals surface area contributed by atoms with Gasteiger partial charge < -0.3 is 20.5 Å². The molecule has 1 aromatic heterocycles. The molecule has 132 valence electrons. The van der Waals surface area contributed by atoms with E-state index in [4.69, 9.17) is 5.73 Å². The lowest BCUT2D eigenvalue weighted by atomic mass is 10.0. The Kier molecular flexibility index (Phi) is 5.07. The molecule has 6 nitrogen and oxygen atoms in total. The van der Waals surface area contributed by atoms with Gasteiger partial charge in [0.15, 0.2) is 0 Å². The summed E-state index contributed by atoms with van der Waals surface area (Å²) in [4.78, 5) is 26.2. The summed E-state index contributed by atoms with van der Waals surface area (Å²) in [6.45, 7) is 0.738. The number of hydrogen-bond donors (Lipinski definition) is 2. The van der Waals surface area contributed by atoms with Crippen molar-refractivity contribution in [2.24, 2.45) is 12.8 Å². The molecule has 3 rings (SSSR count). The van der Waals surface area contributed by atoms with Crippen LogP contribution in [-0.4, -0.2) is 28.0 Å². The van der Waals surface area contributed by atoms with Crippen LogP contribution in [0.2, 0.25) is 0 Å². The molecule has 1 aliphatic rings. The number of carbonyl (C=O) groups excluding carboxylic acids is 2. The Morgan fingerprint density at radius 1 is 1.16 bits per heavy atom. The Morgan fingerprint density at radius 3 is 2.72 bits per heavy atom. The van der Waals surface area contributed by atoms with E-state index in [1.807, 2.05) is 24.2 Å². The zero-order valence-electron chi connectivity index (χ0n) is 14.4. The lowest BCUT2D eigenvalue weighted by Gasteiger charge is -2.31. The number of primary amides is 1. The third-order valence-electron chi connectivity index (χ3n) is 4.72. The molecule has 0 aliphatic carbocycles. The SMILES string of the molecule is Cn1cccc1[C@H]1CCCCCN1C(=O)c1cccc(NC(N)=O)c1. The summed E-state index contributed by atoms with van der Waals surface area (Å²) < 4.78 is 2.08. The Balaban J connectivity index is 1.90. The van der Waals surface area contributed by atoms with Crippen molar-refractivity contribution in [3.63, 3.8) is 0 Å². The van der Waals surface area contributed by atoms with Gasteiger partial charge in [0.25, 0.3) is 5.91 Å². The molecular weight excluding hydrogens is 316 g/mol. The number of likely N-dealkylation sites (tertiary alicyclic amines) is 1. The first-order valence-electron chi connectivity index (χ1n) is 8.65. The van der Waals surface area contributed by atoms with Crippen molar-refractivity contribution >= 4 is 17.6 Å². The van der Waals surface area contributed by atoms with Gasteiger partial charge in [-0.1, -0.05) is 18.9 Å². The highest BCUT2D eigenvalue weighted by Gasteiger charge is 2.29. The van der Waals surface area contributed by atoms with Gasteiger partial charge in [0.2, 0.25) is 0 Å². The average molecular weight is 340 g/mol. The summed E-state index contributed by atoms with van der Waals surface area (Å²) in [7, 11) is 2.01. The zero-order chi connectivity index (χ0) is 17.8.